The first-order valence-electron chi connectivity index (χ1n) is 8.06. The minimum atomic E-state index is -0.672. The van der Waals surface area contributed by atoms with E-state index in [0.29, 0.717) is 12.8 Å². The minimum absolute atomic E-state index is 0.00924. The summed E-state index contributed by atoms with van der Waals surface area (Å²) < 4.78 is 27.7. The van der Waals surface area contributed by atoms with E-state index < -0.39 is 35.6 Å². The molecule has 1 fully saturated rings. The summed E-state index contributed by atoms with van der Waals surface area (Å²) in [5, 5.41) is 13.0. The number of benzene rings is 2. The van der Waals surface area contributed by atoms with E-state index in [1.165, 1.54) is 18.2 Å². The molecule has 0 aromatic heterocycles. The van der Waals surface area contributed by atoms with Gasteiger partial charge in [0.05, 0.1) is 12.1 Å². The molecule has 124 valence electrons. The van der Waals surface area contributed by atoms with E-state index in [9.17, 15) is 18.7 Å². The molecule has 2 N–H and O–H groups in total. The second-order valence-corrected chi connectivity index (χ2v) is 6.54. The van der Waals surface area contributed by atoms with Crippen LogP contribution in [0.15, 0.2) is 42.5 Å². The summed E-state index contributed by atoms with van der Waals surface area (Å²) in [7, 11) is 0. The van der Waals surface area contributed by atoms with Gasteiger partial charge in [0.25, 0.3) is 0 Å². The van der Waals surface area contributed by atoms with Crippen molar-refractivity contribution in [2.75, 3.05) is 0 Å². The van der Waals surface area contributed by atoms with Crippen LogP contribution in [0.4, 0.5) is 8.78 Å². The molecule has 0 saturated heterocycles. The van der Waals surface area contributed by atoms with E-state index in [0.717, 1.165) is 11.1 Å². The van der Waals surface area contributed by atoms with E-state index in [-0.39, 0.29) is 11.5 Å². The van der Waals surface area contributed by atoms with Gasteiger partial charge in [-0.2, -0.15) is 0 Å². The highest BCUT2D eigenvalue weighted by atomic mass is 19.1. The molecule has 24 heavy (non-hydrogen) atoms. The number of halogens is 2. The highest BCUT2D eigenvalue weighted by molar-refractivity contribution is 5.83. The van der Waals surface area contributed by atoms with Gasteiger partial charge in [0.1, 0.15) is 11.6 Å². The van der Waals surface area contributed by atoms with Gasteiger partial charge >= 0.3 is 0 Å². The molecule has 3 nitrogen and oxygen atoms in total. The van der Waals surface area contributed by atoms with Crippen molar-refractivity contribution < 1.29 is 18.7 Å². The molecular formula is C19H17F2NO2. The Balaban J connectivity index is 1.49. The monoisotopic (exact) mass is 329 g/mol. The topological polar surface area (TPSA) is 49.3 Å². The number of hydrogen-bond acceptors (Lipinski definition) is 2. The summed E-state index contributed by atoms with van der Waals surface area (Å²) >= 11 is 0. The van der Waals surface area contributed by atoms with Gasteiger partial charge in [-0.25, -0.2) is 8.78 Å². The van der Waals surface area contributed by atoms with Crippen LogP contribution in [-0.4, -0.2) is 17.1 Å². The lowest BCUT2D eigenvalue weighted by atomic mass is 10.1. The zero-order chi connectivity index (χ0) is 16.8. The number of aliphatic hydroxyl groups is 1. The summed E-state index contributed by atoms with van der Waals surface area (Å²) in [5.41, 5.74) is 1.92. The Morgan fingerprint density at radius 3 is 2.54 bits per heavy atom. The van der Waals surface area contributed by atoms with Gasteiger partial charge < -0.3 is 10.4 Å². The molecule has 2 aromatic rings. The molecule has 0 radical (unpaired) electrons. The van der Waals surface area contributed by atoms with Crippen LogP contribution in [0.5, 0.6) is 0 Å². The van der Waals surface area contributed by atoms with E-state index in [2.05, 4.69) is 5.32 Å². The number of hydrogen-bond donors (Lipinski definition) is 2. The van der Waals surface area contributed by atoms with Crippen LogP contribution in [0.2, 0.25) is 0 Å². The van der Waals surface area contributed by atoms with E-state index in [4.69, 9.17) is 0 Å². The Bertz CT molecular complexity index is 787. The molecule has 0 aliphatic heterocycles. The molecule has 4 rings (SSSR count). The molecular weight excluding hydrogens is 312 g/mol. The molecule has 2 aliphatic rings. The van der Waals surface area contributed by atoms with Crippen molar-refractivity contribution in [3.8, 4) is 0 Å². The van der Waals surface area contributed by atoms with Gasteiger partial charge in [0, 0.05) is 23.8 Å². The summed E-state index contributed by atoms with van der Waals surface area (Å²) in [4.78, 5) is 12.5. The van der Waals surface area contributed by atoms with Gasteiger partial charge in [0.2, 0.25) is 5.91 Å². The summed E-state index contributed by atoms with van der Waals surface area (Å²) in [5.74, 6) is -2.36. The largest absolute Gasteiger partial charge is 0.390 e. The Morgan fingerprint density at radius 1 is 1.08 bits per heavy atom. The van der Waals surface area contributed by atoms with Gasteiger partial charge in [-0.3, -0.25) is 4.79 Å². The lowest BCUT2D eigenvalue weighted by molar-refractivity contribution is -0.123. The number of nitrogens with one attached hydrogen (secondary N) is 1. The molecule has 2 aliphatic carbocycles. The van der Waals surface area contributed by atoms with Crippen molar-refractivity contribution in [2.24, 2.45) is 5.92 Å². The first-order valence-corrected chi connectivity index (χ1v) is 8.06. The van der Waals surface area contributed by atoms with Crippen LogP contribution >= 0.6 is 0 Å². The average Bonchev–Trinajstić information content (AvgIpc) is 3.27. The van der Waals surface area contributed by atoms with Gasteiger partial charge in [-0.15, -0.1) is 0 Å². The minimum Gasteiger partial charge on any atom is -0.390 e. The first-order chi connectivity index (χ1) is 11.6. The van der Waals surface area contributed by atoms with Crippen LogP contribution in [0, 0.1) is 17.6 Å². The van der Waals surface area contributed by atoms with Crippen molar-refractivity contribution in [2.45, 2.75) is 30.9 Å². The quantitative estimate of drug-likeness (QED) is 0.910. The summed E-state index contributed by atoms with van der Waals surface area (Å²) in [6.45, 7) is 0. The normalized spacial score (nSPS) is 27.6. The molecule has 1 saturated carbocycles. The van der Waals surface area contributed by atoms with Crippen molar-refractivity contribution in [1.82, 2.24) is 5.32 Å². The molecule has 4 atom stereocenters. The van der Waals surface area contributed by atoms with Crippen molar-refractivity contribution in [3.63, 3.8) is 0 Å². The Kier molecular flexibility index (Phi) is 3.61. The van der Waals surface area contributed by atoms with Crippen LogP contribution < -0.4 is 5.32 Å². The van der Waals surface area contributed by atoms with E-state index in [1.807, 2.05) is 24.3 Å². The molecule has 5 heteroatoms. The molecule has 0 heterocycles. The zero-order valence-electron chi connectivity index (χ0n) is 12.9. The van der Waals surface area contributed by atoms with E-state index >= 15 is 0 Å². The molecule has 1 amide bonds. The number of fused-ring (bicyclic) bond motifs is 1. The Labute approximate surface area is 138 Å². The number of carbonyl (C=O) groups excluding carboxylic acids is 1. The fourth-order valence-electron chi connectivity index (χ4n) is 3.68. The second kappa shape index (κ2) is 5.67. The van der Waals surface area contributed by atoms with E-state index in [1.54, 1.807) is 0 Å². The molecule has 2 aromatic carbocycles. The maximum atomic E-state index is 13.8. The number of aliphatic hydroxyl groups excluding tert-OH is 1. The fourth-order valence-corrected chi connectivity index (χ4v) is 3.68. The third-order valence-electron chi connectivity index (χ3n) is 5.00. The molecule has 0 bridgehead atoms. The summed E-state index contributed by atoms with van der Waals surface area (Å²) in [6, 6.07) is 10.9. The van der Waals surface area contributed by atoms with Gasteiger partial charge in [0.15, 0.2) is 0 Å². The van der Waals surface area contributed by atoms with Crippen LogP contribution in [-0.2, 0) is 11.2 Å². The van der Waals surface area contributed by atoms with Crippen LogP contribution in [0.1, 0.15) is 35.1 Å². The van der Waals surface area contributed by atoms with Crippen LogP contribution in [0.25, 0.3) is 0 Å². The number of carbonyl (C=O) groups is 1. The molecule has 0 spiro atoms. The van der Waals surface area contributed by atoms with Crippen molar-refractivity contribution in [1.29, 1.82) is 0 Å². The standard InChI is InChI=1S/C19H17F2NO2/c20-14-6-3-7-15(21)17(14)12-9-13(12)19(24)22-18-11-5-2-1-4-10(11)8-16(18)23/h1-7,12-13,16,18,23H,8-9H2,(H,22,24). The Morgan fingerprint density at radius 2 is 1.79 bits per heavy atom. The smallest absolute Gasteiger partial charge is 0.224 e. The van der Waals surface area contributed by atoms with Gasteiger partial charge in [-0.05, 0) is 29.7 Å². The Hall–Kier alpha value is -2.27. The SMILES string of the molecule is O=C(NC1c2ccccc2CC1O)C1CC1c1c(F)cccc1F. The maximum Gasteiger partial charge on any atom is 0.224 e. The highest BCUT2D eigenvalue weighted by Crippen LogP contribution is 2.49. The first kappa shape index (κ1) is 15.3. The number of rotatable bonds is 3. The van der Waals surface area contributed by atoms with Crippen molar-refractivity contribution in [3.05, 3.63) is 70.8 Å². The highest BCUT2D eigenvalue weighted by Gasteiger charge is 2.47. The maximum absolute atomic E-state index is 13.8. The predicted octanol–water partition coefficient (Wildman–Crippen LogP) is 2.84. The van der Waals surface area contributed by atoms with Crippen LogP contribution in [0.3, 0.4) is 0 Å². The summed E-state index contributed by atoms with van der Waals surface area (Å²) in [6.07, 6.45) is 0.249. The lowest BCUT2D eigenvalue weighted by Gasteiger charge is -2.18. The fraction of sp³-hybridized carbons (Fsp3) is 0.316. The predicted molar refractivity (Wildman–Crippen MR) is 84.2 cm³/mol. The van der Waals surface area contributed by atoms with Gasteiger partial charge in [-0.1, -0.05) is 30.3 Å². The third-order valence-corrected chi connectivity index (χ3v) is 5.00. The third kappa shape index (κ3) is 2.49. The molecule has 4 unspecified atom stereocenters. The second-order valence-electron chi connectivity index (χ2n) is 6.54. The average molecular weight is 329 g/mol. The zero-order valence-corrected chi connectivity index (χ0v) is 12.9. The number of amides is 1. The van der Waals surface area contributed by atoms with Crippen molar-refractivity contribution >= 4 is 5.91 Å². The lowest BCUT2D eigenvalue weighted by Crippen LogP contribution is -2.35.